The molecule has 3 rings (SSSR count). The van der Waals surface area contributed by atoms with Crippen LogP contribution in [-0.2, 0) is 22.6 Å². The first kappa shape index (κ1) is 26.1. The molecule has 1 aliphatic rings. The molecule has 2 aromatic carbocycles. The van der Waals surface area contributed by atoms with E-state index in [-0.39, 0.29) is 24.5 Å². The smallest absolute Gasteiger partial charge is 0.261 e. The Morgan fingerprint density at radius 2 is 1.76 bits per heavy atom. The van der Waals surface area contributed by atoms with Crippen LogP contribution in [0.3, 0.4) is 0 Å². The summed E-state index contributed by atoms with van der Waals surface area (Å²) in [4.78, 5) is 28.0. The number of nitrogens with zero attached hydrogens (tertiary/aromatic N) is 1. The van der Waals surface area contributed by atoms with Gasteiger partial charge in [0.2, 0.25) is 5.91 Å². The highest BCUT2D eigenvalue weighted by molar-refractivity contribution is 9.10. The van der Waals surface area contributed by atoms with E-state index in [0.29, 0.717) is 12.3 Å². The van der Waals surface area contributed by atoms with Gasteiger partial charge in [-0.25, -0.2) is 0 Å². The second-order valence-corrected chi connectivity index (χ2v) is 9.65. The average Bonchev–Trinajstić information content (AvgIpc) is 2.86. The maximum Gasteiger partial charge on any atom is 0.261 e. The van der Waals surface area contributed by atoms with Crippen molar-refractivity contribution in [2.75, 3.05) is 13.7 Å². The van der Waals surface area contributed by atoms with Crippen molar-refractivity contribution >= 4 is 27.7 Å². The van der Waals surface area contributed by atoms with E-state index >= 15 is 0 Å². The number of halogens is 1. The summed E-state index contributed by atoms with van der Waals surface area (Å²) in [5, 5.41) is 3.15. The first-order valence-electron chi connectivity index (χ1n) is 12.0. The van der Waals surface area contributed by atoms with Crippen LogP contribution in [0, 0.1) is 0 Å². The van der Waals surface area contributed by atoms with Gasteiger partial charge in [-0.05, 0) is 77.5 Å². The molecule has 184 valence electrons. The summed E-state index contributed by atoms with van der Waals surface area (Å²) in [5.41, 5.74) is 2.10. The Morgan fingerprint density at radius 1 is 1.09 bits per heavy atom. The first-order chi connectivity index (χ1) is 16.4. The lowest BCUT2D eigenvalue weighted by molar-refractivity contribution is -0.142. The van der Waals surface area contributed by atoms with Gasteiger partial charge in [-0.3, -0.25) is 9.59 Å². The highest BCUT2D eigenvalue weighted by Gasteiger charge is 2.28. The maximum atomic E-state index is 13.3. The summed E-state index contributed by atoms with van der Waals surface area (Å²) in [5.74, 6) is 0.985. The van der Waals surface area contributed by atoms with Gasteiger partial charge >= 0.3 is 0 Å². The summed E-state index contributed by atoms with van der Waals surface area (Å²) < 4.78 is 11.9. The Kier molecular flexibility index (Phi) is 9.81. The number of hydrogen-bond acceptors (Lipinski definition) is 4. The zero-order valence-corrected chi connectivity index (χ0v) is 21.9. The number of carbonyl (C=O) groups is 2. The molecule has 0 aliphatic heterocycles. The van der Waals surface area contributed by atoms with Crippen LogP contribution in [0.15, 0.2) is 46.9 Å². The van der Waals surface area contributed by atoms with E-state index in [0.717, 1.165) is 47.9 Å². The monoisotopic (exact) mass is 530 g/mol. The number of nitrogens with one attached hydrogen (secondary N) is 1. The molecule has 0 aromatic heterocycles. The quantitative estimate of drug-likeness (QED) is 0.454. The Hall–Kier alpha value is -2.54. The van der Waals surface area contributed by atoms with Crippen molar-refractivity contribution in [2.24, 2.45) is 0 Å². The number of aryl methyl sites for hydroxylation is 1. The van der Waals surface area contributed by atoms with E-state index in [2.05, 4.69) is 28.2 Å². The van der Waals surface area contributed by atoms with Gasteiger partial charge in [-0.1, -0.05) is 44.4 Å². The summed E-state index contributed by atoms with van der Waals surface area (Å²) in [7, 11) is 1.62. The third-order valence-electron chi connectivity index (χ3n) is 6.39. The number of ether oxygens (including phenoxy) is 2. The number of rotatable bonds is 10. The zero-order chi connectivity index (χ0) is 24.5. The Labute approximate surface area is 211 Å². The van der Waals surface area contributed by atoms with Crippen molar-refractivity contribution in [3.63, 3.8) is 0 Å². The molecule has 2 aromatic rings. The van der Waals surface area contributed by atoms with Crippen LogP contribution in [0.2, 0.25) is 0 Å². The summed E-state index contributed by atoms with van der Waals surface area (Å²) in [6, 6.07) is 12.9. The van der Waals surface area contributed by atoms with Crippen molar-refractivity contribution in [1.82, 2.24) is 10.2 Å². The van der Waals surface area contributed by atoms with E-state index < -0.39 is 6.04 Å². The lowest BCUT2D eigenvalue weighted by Crippen LogP contribution is -2.51. The van der Waals surface area contributed by atoms with Gasteiger partial charge in [0.1, 0.15) is 17.5 Å². The average molecular weight is 531 g/mol. The van der Waals surface area contributed by atoms with Crippen LogP contribution < -0.4 is 14.8 Å². The highest BCUT2D eigenvalue weighted by Crippen LogP contribution is 2.26. The molecule has 1 saturated carbocycles. The molecule has 1 N–H and O–H groups in total. The van der Waals surface area contributed by atoms with E-state index in [9.17, 15) is 9.59 Å². The van der Waals surface area contributed by atoms with Gasteiger partial charge in [0.05, 0.1) is 11.6 Å². The molecule has 0 heterocycles. The van der Waals surface area contributed by atoms with Crippen LogP contribution >= 0.6 is 15.9 Å². The maximum absolute atomic E-state index is 13.3. The Morgan fingerprint density at radius 3 is 2.38 bits per heavy atom. The van der Waals surface area contributed by atoms with Gasteiger partial charge < -0.3 is 19.7 Å². The summed E-state index contributed by atoms with van der Waals surface area (Å²) >= 11 is 3.52. The molecule has 7 heteroatoms. The van der Waals surface area contributed by atoms with Gasteiger partial charge in [-0.2, -0.15) is 0 Å². The SMILES string of the molecule is CCc1ccc(OCC(=O)N(Cc2ccc(OC)cc2)[C@@H](C)C(=O)NC2CCCCC2)c(Br)c1. The lowest BCUT2D eigenvalue weighted by atomic mass is 9.95. The summed E-state index contributed by atoms with van der Waals surface area (Å²) in [6.45, 7) is 4.02. The molecule has 0 saturated heterocycles. The largest absolute Gasteiger partial charge is 0.497 e. The predicted molar refractivity (Wildman–Crippen MR) is 137 cm³/mol. The van der Waals surface area contributed by atoms with Crippen LogP contribution in [-0.4, -0.2) is 42.5 Å². The van der Waals surface area contributed by atoms with E-state index in [1.807, 2.05) is 42.5 Å². The normalized spacial score (nSPS) is 14.8. The van der Waals surface area contributed by atoms with Gasteiger partial charge in [0.25, 0.3) is 5.91 Å². The van der Waals surface area contributed by atoms with Gasteiger partial charge in [0, 0.05) is 12.6 Å². The molecule has 2 amide bonds. The lowest BCUT2D eigenvalue weighted by Gasteiger charge is -2.31. The fraction of sp³-hybridized carbons (Fsp3) is 0.481. The van der Waals surface area contributed by atoms with Crippen molar-refractivity contribution in [3.05, 3.63) is 58.1 Å². The minimum absolute atomic E-state index is 0.123. The Bertz CT molecular complexity index is 958. The molecule has 0 unspecified atom stereocenters. The standard InChI is InChI=1S/C27H35BrN2O4/c1-4-20-12-15-25(24(28)16-20)34-18-26(31)30(17-21-10-13-23(33-3)14-11-21)19(2)27(32)29-22-8-6-5-7-9-22/h10-16,19,22H,4-9,17-18H2,1-3H3,(H,29,32)/t19-/m0/s1. The van der Waals surface area contributed by atoms with E-state index in [4.69, 9.17) is 9.47 Å². The highest BCUT2D eigenvalue weighted by atomic mass is 79.9. The second kappa shape index (κ2) is 12.8. The van der Waals surface area contributed by atoms with Gasteiger partial charge in [-0.15, -0.1) is 0 Å². The molecule has 0 radical (unpaired) electrons. The topological polar surface area (TPSA) is 67.9 Å². The Balaban J connectivity index is 1.72. The molecule has 0 bridgehead atoms. The number of benzene rings is 2. The van der Waals surface area contributed by atoms with Crippen LogP contribution in [0.4, 0.5) is 0 Å². The molecule has 1 atom stereocenters. The molecule has 1 fully saturated rings. The fourth-order valence-corrected chi connectivity index (χ4v) is 4.72. The van der Waals surface area contributed by atoms with E-state index in [1.165, 1.54) is 12.0 Å². The first-order valence-corrected chi connectivity index (χ1v) is 12.8. The molecule has 1 aliphatic carbocycles. The van der Waals surface area contributed by atoms with Gasteiger partial charge in [0.15, 0.2) is 6.61 Å². The number of methoxy groups -OCH3 is 1. The van der Waals surface area contributed by atoms with Crippen LogP contribution in [0.1, 0.15) is 57.1 Å². The van der Waals surface area contributed by atoms with Crippen molar-refractivity contribution < 1.29 is 19.1 Å². The number of hydrogen-bond donors (Lipinski definition) is 1. The number of carbonyl (C=O) groups excluding carboxylic acids is 2. The predicted octanol–water partition coefficient (Wildman–Crippen LogP) is 5.27. The third-order valence-corrected chi connectivity index (χ3v) is 7.01. The molecule has 6 nitrogen and oxygen atoms in total. The molecule has 34 heavy (non-hydrogen) atoms. The zero-order valence-electron chi connectivity index (χ0n) is 20.3. The number of amides is 2. The molecule has 0 spiro atoms. The minimum atomic E-state index is -0.619. The summed E-state index contributed by atoms with van der Waals surface area (Å²) in [6.07, 6.45) is 6.39. The minimum Gasteiger partial charge on any atom is -0.497 e. The van der Waals surface area contributed by atoms with Crippen molar-refractivity contribution in [2.45, 2.75) is 71.0 Å². The van der Waals surface area contributed by atoms with Crippen LogP contribution in [0.5, 0.6) is 11.5 Å². The molecular formula is C27H35BrN2O4. The van der Waals surface area contributed by atoms with Crippen LogP contribution in [0.25, 0.3) is 0 Å². The van der Waals surface area contributed by atoms with Crippen molar-refractivity contribution in [1.29, 1.82) is 0 Å². The second-order valence-electron chi connectivity index (χ2n) is 8.80. The fourth-order valence-electron chi connectivity index (χ4n) is 4.18. The molecular weight excluding hydrogens is 496 g/mol. The third kappa shape index (κ3) is 7.23. The van der Waals surface area contributed by atoms with Crippen molar-refractivity contribution in [3.8, 4) is 11.5 Å². The van der Waals surface area contributed by atoms with E-state index in [1.54, 1.807) is 18.9 Å².